The van der Waals surface area contributed by atoms with Crippen molar-refractivity contribution >= 4 is 23.0 Å². The summed E-state index contributed by atoms with van der Waals surface area (Å²) < 4.78 is 10.7. The maximum atomic E-state index is 5.55. The van der Waals surface area contributed by atoms with E-state index in [1.54, 1.807) is 18.4 Å². The Bertz CT molecular complexity index is 719. The minimum Gasteiger partial charge on any atom is -0.459 e. The van der Waals surface area contributed by atoms with Crippen LogP contribution in [-0.2, 0) is 0 Å². The van der Waals surface area contributed by atoms with E-state index in [0.29, 0.717) is 17.5 Å². The van der Waals surface area contributed by atoms with Crippen molar-refractivity contribution in [3.8, 4) is 23.1 Å². The first-order chi connectivity index (χ1) is 9.72. The van der Waals surface area contributed by atoms with E-state index in [-0.39, 0.29) is 5.11 Å². The van der Waals surface area contributed by atoms with Crippen molar-refractivity contribution in [2.75, 3.05) is 5.32 Å². The molecule has 3 rings (SSSR count). The van der Waals surface area contributed by atoms with Crippen molar-refractivity contribution < 1.29 is 8.83 Å². The van der Waals surface area contributed by atoms with Crippen LogP contribution in [0.15, 0.2) is 51.5 Å². The molecule has 0 aliphatic heterocycles. The highest BCUT2D eigenvalue weighted by atomic mass is 32.1. The van der Waals surface area contributed by atoms with Crippen LogP contribution in [0.25, 0.3) is 23.1 Å². The lowest BCUT2D eigenvalue weighted by molar-refractivity contribution is 0.523. The van der Waals surface area contributed by atoms with E-state index in [2.05, 4.69) is 15.5 Å². The average Bonchev–Trinajstić information content (AvgIpc) is 3.10. The Labute approximate surface area is 119 Å². The number of thiocarbonyl (C=S) groups is 1. The number of nitrogens with two attached hydrogens (primary N) is 1. The number of nitrogens with zero attached hydrogens (tertiary/aromatic N) is 2. The van der Waals surface area contributed by atoms with Gasteiger partial charge in [-0.3, -0.25) is 0 Å². The molecule has 3 N–H and O–H groups in total. The summed E-state index contributed by atoms with van der Waals surface area (Å²) in [5.41, 5.74) is 6.99. The van der Waals surface area contributed by atoms with Gasteiger partial charge >= 0.3 is 0 Å². The molecule has 0 spiro atoms. The van der Waals surface area contributed by atoms with Gasteiger partial charge in [0.25, 0.3) is 5.89 Å². The molecular formula is C13H10N4O2S. The quantitative estimate of drug-likeness (QED) is 0.715. The number of anilines is 1. The van der Waals surface area contributed by atoms with Crippen molar-refractivity contribution in [2.24, 2.45) is 5.73 Å². The number of nitrogens with one attached hydrogen (secondary N) is 1. The molecule has 0 amide bonds. The fourth-order valence-corrected chi connectivity index (χ4v) is 1.80. The SMILES string of the molecule is NC(=S)Nc1ccc(-c2nnc(-c3ccco3)o2)cc1. The number of furan rings is 1. The van der Waals surface area contributed by atoms with Crippen molar-refractivity contribution in [3.05, 3.63) is 42.7 Å². The molecule has 0 unspecified atom stereocenters. The number of rotatable bonds is 3. The first-order valence-electron chi connectivity index (χ1n) is 5.76. The third-order valence-corrected chi connectivity index (χ3v) is 2.66. The Morgan fingerprint density at radius 1 is 1.10 bits per heavy atom. The normalized spacial score (nSPS) is 10.4. The zero-order valence-electron chi connectivity index (χ0n) is 10.2. The van der Waals surface area contributed by atoms with E-state index in [1.165, 1.54) is 0 Å². The van der Waals surface area contributed by atoms with E-state index >= 15 is 0 Å². The second-order valence-corrected chi connectivity index (χ2v) is 4.40. The predicted octanol–water partition coefficient (Wildman–Crippen LogP) is 2.65. The van der Waals surface area contributed by atoms with Gasteiger partial charge in [-0.25, -0.2) is 0 Å². The summed E-state index contributed by atoms with van der Waals surface area (Å²) in [5.74, 6) is 1.30. The minimum absolute atomic E-state index is 0.218. The standard InChI is InChI=1S/C13H10N4O2S/c14-13(20)15-9-5-3-8(4-6-9)11-16-17-12(19-11)10-2-1-7-18-10/h1-7H,(H3,14,15,20). The van der Waals surface area contributed by atoms with Crippen molar-refractivity contribution in [1.82, 2.24) is 10.2 Å². The lowest BCUT2D eigenvalue weighted by atomic mass is 10.2. The van der Waals surface area contributed by atoms with Crippen LogP contribution in [0, 0.1) is 0 Å². The summed E-state index contributed by atoms with van der Waals surface area (Å²) in [6.45, 7) is 0. The predicted molar refractivity (Wildman–Crippen MR) is 77.8 cm³/mol. The summed E-state index contributed by atoms with van der Waals surface area (Å²) in [6, 6.07) is 10.8. The largest absolute Gasteiger partial charge is 0.459 e. The molecule has 0 fully saturated rings. The smallest absolute Gasteiger partial charge is 0.283 e. The maximum Gasteiger partial charge on any atom is 0.283 e. The molecule has 6 nitrogen and oxygen atoms in total. The summed E-state index contributed by atoms with van der Waals surface area (Å²) in [4.78, 5) is 0. The van der Waals surface area contributed by atoms with Gasteiger partial charge in [-0.2, -0.15) is 0 Å². The van der Waals surface area contributed by atoms with Crippen molar-refractivity contribution in [2.45, 2.75) is 0 Å². The van der Waals surface area contributed by atoms with Gasteiger partial charge in [-0.05, 0) is 48.6 Å². The van der Waals surface area contributed by atoms with Crippen LogP contribution in [-0.4, -0.2) is 15.3 Å². The first-order valence-corrected chi connectivity index (χ1v) is 6.17. The lowest BCUT2D eigenvalue weighted by Gasteiger charge is -2.03. The van der Waals surface area contributed by atoms with Crippen molar-refractivity contribution in [3.63, 3.8) is 0 Å². The molecule has 3 aromatic rings. The van der Waals surface area contributed by atoms with Crippen LogP contribution in [0.4, 0.5) is 5.69 Å². The molecule has 2 heterocycles. The number of aromatic nitrogens is 2. The van der Waals surface area contributed by atoms with E-state index < -0.39 is 0 Å². The highest BCUT2D eigenvalue weighted by Gasteiger charge is 2.12. The van der Waals surface area contributed by atoms with Crippen LogP contribution in [0.2, 0.25) is 0 Å². The Balaban J connectivity index is 1.84. The topological polar surface area (TPSA) is 90.1 Å². The zero-order chi connectivity index (χ0) is 13.9. The van der Waals surface area contributed by atoms with Crippen molar-refractivity contribution in [1.29, 1.82) is 0 Å². The Hall–Kier alpha value is -2.67. The summed E-state index contributed by atoms with van der Waals surface area (Å²) >= 11 is 4.77. The van der Waals surface area contributed by atoms with Gasteiger partial charge in [0.1, 0.15) is 0 Å². The number of hydrogen-bond acceptors (Lipinski definition) is 5. The first kappa shape index (κ1) is 12.4. The second-order valence-electron chi connectivity index (χ2n) is 3.96. The van der Waals surface area contributed by atoms with Gasteiger partial charge in [-0.15, -0.1) is 10.2 Å². The van der Waals surface area contributed by atoms with E-state index in [4.69, 9.17) is 26.8 Å². The van der Waals surface area contributed by atoms with E-state index in [1.807, 2.05) is 24.3 Å². The fraction of sp³-hybridized carbons (Fsp3) is 0. The highest BCUT2D eigenvalue weighted by Crippen LogP contribution is 2.24. The molecule has 0 atom stereocenters. The van der Waals surface area contributed by atoms with Gasteiger partial charge in [-0.1, -0.05) is 0 Å². The molecule has 0 bridgehead atoms. The molecule has 1 aromatic carbocycles. The van der Waals surface area contributed by atoms with Gasteiger partial charge < -0.3 is 19.9 Å². The zero-order valence-corrected chi connectivity index (χ0v) is 11.1. The Morgan fingerprint density at radius 3 is 2.50 bits per heavy atom. The molecule has 100 valence electrons. The molecule has 0 aliphatic rings. The molecule has 0 radical (unpaired) electrons. The molecule has 20 heavy (non-hydrogen) atoms. The molecule has 0 saturated carbocycles. The van der Waals surface area contributed by atoms with Crippen LogP contribution < -0.4 is 11.1 Å². The van der Waals surface area contributed by atoms with Crippen LogP contribution in [0.3, 0.4) is 0 Å². The monoisotopic (exact) mass is 286 g/mol. The lowest BCUT2D eigenvalue weighted by Crippen LogP contribution is -2.18. The average molecular weight is 286 g/mol. The third-order valence-electron chi connectivity index (χ3n) is 2.56. The summed E-state index contributed by atoms with van der Waals surface area (Å²) in [5, 5.41) is 11.0. The number of hydrogen-bond donors (Lipinski definition) is 2. The maximum absolute atomic E-state index is 5.55. The molecular weight excluding hydrogens is 276 g/mol. The molecule has 0 saturated heterocycles. The Morgan fingerprint density at radius 2 is 1.85 bits per heavy atom. The fourth-order valence-electron chi connectivity index (χ4n) is 1.68. The van der Waals surface area contributed by atoms with Gasteiger partial charge in [0.05, 0.1) is 6.26 Å². The molecule has 2 aromatic heterocycles. The van der Waals surface area contributed by atoms with E-state index in [0.717, 1.165) is 11.3 Å². The van der Waals surface area contributed by atoms with E-state index in [9.17, 15) is 0 Å². The highest BCUT2D eigenvalue weighted by molar-refractivity contribution is 7.80. The molecule has 0 aliphatic carbocycles. The number of benzene rings is 1. The van der Waals surface area contributed by atoms with Gasteiger partial charge in [0, 0.05) is 11.3 Å². The molecule has 7 heteroatoms. The third kappa shape index (κ3) is 2.52. The summed E-state index contributed by atoms with van der Waals surface area (Å²) in [7, 11) is 0. The van der Waals surface area contributed by atoms with Gasteiger partial charge in [0.15, 0.2) is 10.9 Å². The van der Waals surface area contributed by atoms with Crippen LogP contribution in [0.1, 0.15) is 0 Å². The van der Waals surface area contributed by atoms with Crippen LogP contribution in [0.5, 0.6) is 0 Å². The Kier molecular flexibility index (Phi) is 3.18. The second kappa shape index (κ2) is 5.14. The summed E-state index contributed by atoms with van der Waals surface area (Å²) in [6.07, 6.45) is 1.55. The van der Waals surface area contributed by atoms with Gasteiger partial charge in [0.2, 0.25) is 5.89 Å². The van der Waals surface area contributed by atoms with Crippen LogP contribution >= 0.6 is 12.2 Å². The minimum atomic E-state index is 0.218.